The van der Waals surface area contributed by atoms with E-state index in [1.165, 1.54) is 24.3 Å². The van der Waals surface area contributed by atoms with Gasteiger partial charge in [0.05, 0.1) is 16.3 Å². The van der Waals surface area contributed by atoms with E-state index in [0.29, 0.717) is 10.2 Å². The number of hydrogen-bond donors (Lipinski definition) is 1. The van der Waals surface area contributed by atoms with E-state index in [2.05, 4.69) is 21.2 Å². The lowest BCUT2D eigenvalue weighted by molar-refractivity contribution is -0.114. The van der Waals surface area contributed by atoms with Gasteiger partial charge in [-0.25, -0.2) is 12.8 Å². The van der Waals surface area contributed by atoms with Crippen molar-refractivity contribution in [3.63, 3.8) is 0 Å². The van der Waals surface area contributed by atoms with Gasteiger partial charge in [0.25, 0.3) is 10.0 Å². The van der Waals surface area contributed by atoms with Gasteiger partial charge in [-0.15, -0.1) is 0 Å². The van der Waals surface area contributed by atoms with Crippen LogP contribution in [-0.2, 0) is 14.8 Å². The molecular formula is C23H22BrFN2O3S. The van der Waals surface area contributed by atoms with E-state index in [-0.39, 0.29) is 10.6 Å². The number of anilines is 2. The second kappa shape index (κ2) is 9.20. The number of aryl methyl sites for hydroxylation is 3. The lowest BCUT2D eigenvalue weighted by atomic mass is 10.1. The molecule has 0 spiro atoms. The average Bonchev–Trinajstić information content (AvgIpc) is 2.71. The zero-order valence-electron chi connectivity index (χ0n) is 17.3. The predicted octanol–water partition coefficient (Wildman–Crippen LogP) is 5.35. The first-order chi connectivity index (χ1) is 14.6. The van der Waals surface area contributed by atoms with Crippen LogP contribution in [-0.4, -0.2) is 20.9 Å². The standard InChI is InChI=1S/C23H22BrFN2O3S/c1-15-4-9-20(10-5-15)31(29,30)27(19-8-6-16(2)17(3)12-19)14-23(28)26-22-11-7-18(24)13-21(22)25/h4-13H,14H2,1-3H3,(H,26,28). The van der Waals surface area contributed by atoms with Gasteiger partial charge < -0.3 is 5.32 Å². The van der Waals surface area contributed by atoms with Gasteiger partial charge in [0.15, 0.2) is 0 Å². The van der Waals surface area contributed by atoms with Crippen molar-refractivity contribution >= 4 is 43.2 Å². The van der Waals surface area contributed by atoms with Crippen LogP contribution in [0.25, 0.3) is 0 Å². The molecule has 0 saturated heterocycles. The highest BCUT2D eigenvalue weighted by Crippen LogP contribution is 2.26. The normalized spacial score (nSPS) is 11.3. The molecule has 0 atom stereocenters. The van der Waals surface area contributed by atoms with Gasteiger partial charge in [-0.2, -0.15) is 0 Å². The fraction of sp³-hybridized carbons (Fsp3) is 0.174. The molecule has 162 valence electrons. The molecule has 0 bridgehead atoms. The largest absolute Gasteiger partial charge is 0.322 e. The van der Waals surface area contributed by atoms with Crippen LogP contribution < -0.4 is 9.62 Å². The highest BCUT2D eigenvalue weighted by molar-refractivity contribution is 9.10. The van der Waals surface area contributed by atoms with Crippen molar-refractivity contribution < 1.29 is 17.6 Å². The summed E-state index contributed by atoms with van der Waals surface area (Å²) >= 11 is 3.16. The zero-order valence-corrected chi connectivity index (χ0v) is 19.7. The molecule has 3 aromatic carbocycles. The van der Waals surface area contributed by atoms with Crippen molar-refractivity contribution in [2.45, 2.75) is 25.7 Å². The first kappa shape index (κ1) is 23.0. The van der Waals surface area contributed by atoms with Gasteiger partial charge in [0.2, 0.25) is 5.91 Å². The minimum Gasteiger partial charge on any atom is -0.322 e. The molecular weight excluding hydrogens is 483 g/mol. The molecule has 3 rings (SSSR count). The number of halogens is 2. The van der Waals surface area contributed by atoms with Gasteiger partial charge in [-0.1, -0.05) is 39.7 Å². The maximum Gasteiger partial charge on any atom is 0.264 e. The summed E-state index contributed by atoms with van der Waals surface area (Å²) in [4.78, 5) is 12.8. The Morgan fingerprint density at radius 1 is 0.968 bits per heavy atom. The van der Waals surface area contributed by atoms with Crippen molar-refractivity contribution in [1.29, 1.82) is 0 Å². The van der Waals surface area contributed by atoms with E-state index in [9.17, 15) is 17.6 Å². The summed E-state index contributed by atoms with van der Waals surface area (Å²) in [6.07, 6.45) is 0. The zero-order chi connectivity index (χ0) is 22.8. The Morgan fingerprint density at radius 2 is 1.65 bits per heavy atom. The summed E-state index contributed by atoms with van der Waals surface area (Å²) in [5.74, 6) is -1.28. The Kier molecular flexibility index (Phi) is 6.81. The fourth-order valence-corrected chi connectivity index (χ4v) is 4.69. The van der Waals surface area contributed by atoms with Crippen LogP contribution in [0.2, 0.25) is 0 Å². The average molecular weight is 505 g/mol. The Balaban J connectivity index is 1.98. The van der Waals surface area contributed by atoms with Gasteiger partial charge in [0.1, 0.15) is 12.4 Å². The Bertz CT molecular complexity index is 1230. The topological polar surface area (TPSA) is 66.5 Å². The van der Waals surface area contributed by atoms with Gasteiger partial charge in [0, 0.05) is 4.47 Å². The summed E-state index contributed by atoms with van der Waals surface area (Å²) in [7, 11) is -4.03. The minimum atomic E-state index is -4.03. The van der Waals surface area contributed by atoms with Crippen LogP contribution in [0, 0.1) is 26.6 Å². The molecule has 0 unspecified atom stereocenters. The van der Waals surface area contributed by atoms with Crippen molar-refractivity contribution in [3.05, 3.63) is 87.6 Å². The molecule has 0 aromatic heterocycles. The van der Waals surface area contributed by atoms with E-state index >= 15 is 0 Å². The Hall–Kier alpha value is -2.71. The smallest absolute Gasteiger partial charge is 0.264 e. The molecule has 3 aromatic rings. The van der Waals surface area contributed by atoms with Crippen LogP contribution in [0.5, 0.6) is 0 Å². The van der Waals surface area contributed by atoms with Gasteiger partial charge >= 0.3 is 0 Å². The number of hydrogen-bond acceptors (Lipinski definition) is 3. The molecule has 1 N–H and O–H groups in total. The van der Waals surface area contributed by atoms with Crippen LogP contribution in [0.15, 0.2) is 70.0 Å². The highest BCUT2D eigenvalue weighted by Gasteiger charge is 2.27. The molecule has 0 aliphatic carbocycles. The number of nitrogens with one attached hydrogen (secondary N) is 1. The number of carbonyl (C=O) groups is 1. The first-order valence-corrected chi connectivity index (χ1v) is 11.7. The quantitative estimate of drug-likeness (QED) is 0.492. The van der Waals surface area contributed by atoms with E-state index < -0.39 is 28.3 Å². The summed E-state index contributed by atoms with van der Waals surface area (Å²) < 4.78 is 42.5. The van der Waals surface area contributed by atoms with Gasteiger partial charge in [-0.3, -0.25) is 9.10 Å². The van der Waals surface area contributed by atoms with E-state index in [0.717, 1.165) is 21.0 Å². The highest BCUT2D eigenvalue weighted by atomic mass is 79.9. The number of rotatable bonds is 6. The number of carbonyl (C=O) groups excluding carboxylic acids is 1. The molecule has 0 heterocycles. The third kappa shape index (κ3) is 5.32. The molecule has 5 nitrogen and oxygen atoms in total. The Labute approximate surface area is 190 Å². The first-order valence-electron chi connectivity index (χ1n) is 9.49. The number of benzene rings is 3. The van der Waals surface area contributed by atoms with Gasteiger partial charge in [-0.05, 0) is 74.4 Å². The van der Waals surface area contributed by atoms with E-state index in [4.69, 9.17) is 0 Å². The SMILES string of the molecule is Cc1ccc(S(=O)(=O)N(CC(=O)Nc2ccc(Br)cc2F)c2ccc(C)c(C)c2)cc1. The predicted molar refractivity (Wildman–Crippen MR) is 124 cm³/mol. The Morgan fingerprint density at radius 3 is 2.26 bits per heavy atom. The molecule has 8 heteroatoms. The second-order valence-corrected chi connectivity index (χ2v) is 10.0. The summed E-state index contributed by atoms with van der Waals surface area (Å²) in [5, 5.41) is 2.46. The van der Waals surface area contributed by atoms with Crippen molar-refractivity contribution in [2.24, 2.45) is 0 Å². The van der Waals surface area contributed by atoms with Crippen LogP contribution >= 0.6 is 15.9 Å². The monoisotopic (exact) mass is 504 g/mol. The lowest BCUT2D eigenvalue weighted by Crippen LogP contribution is -2.38. The molecule has 0 radical (unpaired) electrons. The third-order valence-electron chi connectivity index (χ3n) is 4.88. The molecule has 31 heavy (non-hydrogen) atoms. The van der Waals surface area contributed by atoms with Crippen LogP contribution in [0.1, 0.15) is 16.7 Å². The summed E-state index contributed by atoms with van der Waals surface area (Å²) in [6.45, 7) is 5.14. The van der Waals surface area contributed by atoms with Crippen molar-refractivity contribution in [2.75, 3.05) is 16.2 Å². The maximum absolute atomic E-state index is 14.1. The number of sulfonamides is 1. The molecule has 0 aliphatic rings. The third-order valence-corrected chi connectivity index (χ3v) is 7.16. The van der Waals surface area contributed by atoms with Crippen molar-refractivity contribution in [1.82, 2.24) is 0 Å². The summed E-state index contributed by atoms with van der Waals surface area (Å²) in [5.41, 5.74) is 3.13. The number of nitrogens with zero attached hydrogens (tertiary/aromatic N) is 1. The maximum atomic E-state index is 14.1. The van der Waals surface area contributed by atoms with Crippen molar-refractivity contribution in [3.8, 4) is 0 Å². The number of amides is 1. The van der Waals surface area contributed by atoms with E-state index in [1.807, 2.05) is 20.8 Å². The minimum absolute atomic E-state index is 0.0269. The molecule has 1 amide bonds. The van der Waals surface area contributed by atoms with E-state index in [1.54, 1.807) is 36.4 Å². The molecule has 0 fully saturated rings. The summed E-state index contributed by atoms with van der Waals surface area (Å²) in [6, 6.07) is 15.8. The molecule has 0 saturated carbocycles. The van der Waals surface area contributed by atoms with Crippen LogP contribution in [0.4, 0.5) is 15.8 Å². The molecule has 0 aliphatic heterocycles. The fourth-order valence-electron chi connectivity index (χ4n) is 2.94. The lowest BCUT2D eigenvalue weighted by Gasteiger charge is -2.25. The van der Waals surface area contributed by atoms with Crippen LogP contribution in [0.3, 0.4) is 0 Å². The second-order valence-electron chi connectivity index (χ2n) is 7.27.